The maximum absolute atomic E-state index is 13.9. The van der Waals surface area contributed by atoms with Crippen molar-refractivity contribution >= 4 is 16.8 Å². The summed E-state index contributed by atoms with van der Waals surface area (Å²) < 4.78 is 28.0. The minimum atomic E-state index is -0.991. The number of carbonyl (C=O) groups is 1. The summed E-state index contributed by atoms with van der Waals surface area (Å²) in [5.74, 6) is -2.09. The molecule has 0 saturated heterocycles. The third kappa shape index (κ3) is 2.75. The van der Waals surface area contributed by atoms with Crippen LogP contribution in [0.2, 0.25) is 0 Å². The van der Waals surface area contributed by atoms with Crippen molar-refractivity contribution in [2.24, 2.45) is 0 Å². The van der Waals surface area contributed by atoms with Crippen LogP contribution in [0.25, 0.3) is 10.9 Å². The zero-order chi connectivity index (χ0) is 18.3. The van der Waals surface area contributed by atoms with E-state index >= 15 is 0 Å². The van der Waals surface area contributed by atoms with Gasteiger partial charge in [-0.15, -0.1) is 0 Å². The number of rotatable bonds is 3. The summed E-state index contributed by atoms with van der Waals surface area (Å²) in [4.78, 5) is 29.8. The number of hydrogen-bond donors (Lipinski definition) is 1. The minimum absolute atomic E-state index is 0.0608. The number of halogens is 2. The summed E-state index contributed by atoms with van der Waals surface area (Å²) in [7, 11) is 0. The highest BCUT2D eigenvalue weighted by atomic mass is 19.1. The largest absolute Gasteiger partial charge is 0.280 e. The first-order valence-corrected chi connectivity index (χ1v) is 8.32. The molecule has 1 aromatic heterocycles. The molecule has 26 heavy (non-hydrogen) atoms. The van der Waals surface area contributed by atoms with E-state index in [2.05, 4.69) is 10.4 Å². The Bertz CT molecular complexity index is 1070. The van der Waals surface area contributed by atoms with Crippen LogP contribution in [0.5, 0.6) is 0 Å². The Balaban J connectivity index is 1.80. The molecular weight excluding hydrogens is 340 g/mol. The third-order valence-corrected chi connectivity index (χ3v) is 4.66. The van der Waals surface area contributed by atoms with Gasteiger partial charge < -0.3 is 0 Å². The molecule has 1 aliphatic rings. The van der Waals surface area contributed by atoms with Gasteiger partial charge in [0, 0.05) is 12.0 Å². The molecule has 1 saturated carbocycles. The van der Waals surface area contributed by atoms with Gasteiger partial charge in [-0.25, -0.2) is 18.4 Å². The summed E-state index contributed by atoms with van der Waals surface area (Å²) >= 11 is 0. The molecule has 1 heterocycles. The van der Waals surface area contributed by atoms with Crippen molar-refractivity contribution in [3.63, 3.8) is 0 Å². The first-order valence-electron chi connectivity index (χ1n) is 8.32. The number of carbonyl (C=O) groups excluding carboxylic acids is 1. The van der Waals surface area contributed by atoms with Gasteiger partial charge in [0.1, 0.15) is 17.5 Å². The number of hydrogen-bond acceptors (Lipinski definition) is 3. The highest BCUT2D eigenvalue weighted by molar-refractivity contribution is 6.00. The second-order valence-electron chi connectivity index (χ2n) is 6.32. The van der Waals surface area contributed by atoms with Gasteiger partial charge >= 0.3 is 0 Å². The lowest BCUT2D eigenvalue weighted by atomic mass is 9.84. The van der Waals surface area contributed by atoms with Gasteiger partial charge in [0.2, 0.25) is 0 Å². The predicted octanol–water partition coefficient (Wildman–Crippen LogP) is 3.33. The number of nitrogens with one attached hydrogen (secondary N) is 1. The Morgan fingerprint density at radius 2 is 1.92 bits per heavy atom. The van der Waals surface area contributed by atoms with Crippen molar-refractivity contribution in [3.05, 3.63) is 75.8 Å². The molecule has 4 rings (SSSR count). The first-order chi connectivity index (χ1) is 12.5. The van der Waals surface area contributed by atoms with Crippen LogP contribution in [0.3, 0.4) is 0 Å². The number of para-hydroxylation sites is 1. The standard InChI is InChI=1S/C19H15F2N3O2/c20-12-8-9-13(15(21)10-12)18(25)23-24-17(11-4-3-5-11)22-16-7-2-1-6-14(16)19(24)26/h1-2,6-11H,3-5H2,(H,23,25). The molecule has 1 fully saturated rings. The second kappa shape index (κ2) is 6.33. The molecule has 0 unspecified atom stereocenters. The maximum atomic E-state index is 13.9. The van der Waals surface area contributed by atoms with E-state index in [0.29, 0.717) is 22.8 Å². The van der Waals surface area contributed by atoms with E-state index in [0.717, 1.165) is 36.1 Å². The van der Waals surface area contributed by atoms with Crippen LogP contribution in [0.4, 0.5) is 8.78 Å². The number of amides is 1. The molecule has 0 aliphatic heterocycles. The van der Waals surface area contributed by atoms with E-state index < -0.39 is 23.1 Å². The molecule has 132 valence electrons. The quantitative estimate of drug-likeness (QED) is 0.784. The summed E-state index contributed by atoms with van der Waals surface area (Å²) in [5, 5.41) is 0.357. The van der Waals surface area contributed by atoms with E-state index in [4.69, 9.17) is 0 Å². The lowest BCUT2D eigenvalue weighted by Gasteiger charge is -2.27. The van der Waals surface area contributed by atoms with E-state index in [1.807, 2.05) is 0 Å². The topological polar surface area (TPSA) is 64.0 Å². The second-order valence-corrected chi connectivity index (χ2v) is 6.32. The highest BCUT2D eigenvalue weighted by Gasteiger charge is 2.27. The Morgan fingerprint density at radius 3 is 2.62 bits per heavy atom. The van der Waals surface area contributed by atoms with Crippen LogP contribution in [0.1, 0.15) is 41.4 Å². The first kappa shape index (κ1) is 16.4. The SMILES string of the molecule is O=C(Nn1c(C2CCC2)nc2ccccc2c1=O)c1ccc(F)cc1F. The Hall–Kier alpha value is -3.09. The van der Waals surface area contributed by atoms with E-state index in [1.165, 1.54) is 0 Å². The molecule has 1 N–H and O–H groups in total. The van der Waals surface area contributed by atoms with Crippen LogP contribution in [-0.4, -0.2) is 15.6 Å². The number of nitrogens with zero attached hydrogens (tertiary/aromatic N) is 2. The minimum Gasteiger partial charge on any atom is -0.267 e. The van der Waals surface area contributed by atoms with Crippen molar-refractivity contribution in [2.75, 3.05) is 5.43 Å². The van der Waals surface area contributed by atoms with E-state index in [9.17, 15) is 18.4 Å². The molecule has 7 heteroatoms. The van der Waals surface area contributed by atoms with Gasteiger partial charge in [0.15, 0.2) is 0 Å². The lowest BCUT2D eigenvalue weighted by molar-refractivity contribution is 0.100. The fourth-order valence-electron chi connectivity index (χ4n) is 3.03. The maximum Gasteiger partial charge on any atom is 0.280 e. The van der Waals surface area contributed by atoms with Crippen molar-refractivity contribution < 1.29 is 13.6 Å². The Labute approximate surface area is 147 Å². The van der Waals surface area contributed by atoms with Crippen LogP contribution < -0.4 is 11.0 Å². The molecule has 1 amide bonds. The Morgan fingerprint density at radius 1 is 1.15 bits per heavy atom. The van der Waals surface area contributed by atoms with Crippen LogP contribution >= 0.6 is 0 Å². The van der Waals surface area contributed by atoms with Gasteiger partial charge in [-0.2, -0.15) is 0 Å². The molecule has 0 spiro atoms. The van der Waals surface area contributed by atoms with E-state index in [-0.39, 0.29) is 11.5 Å². The average molecular weight is 355 g/mol. The fraction of sp³-hybridized carbons (Fsp3) is 0.211. The van der Waals surface area contributed by atoms with Gasteiger partial charge in [0.25, 0.3) is 11.5 Å². The molecule has 3 aromatic rings. The van der Waals surface area contributed by atoms with E-state index in [1.54, 1.807) is 24.3 Å². The molecule has 0 atom stereocenters. The third-order valence-electron chi connectivity index (χ3n) is 4.66. The number of aromatic nitrogens is 2. The molecular formula is C19H15F2N3O2. The van der Waals surface area contributed by atoms with Crippen molar-refractivity contribution in [1.29, 1.82) is 0 Å². The zero-order valence-electron chi connectivity index (χ0n) is 13.7. The fourth-order valence-corrected chi connectivity index (χ4v) is 3.03. The van der Waals surface area contributed by atoms with Crippen LogP contribution in [0.15, 0.2) is 47.3 Å². The number of benzene rings is 2. The van der Waals surface area contributed by atoms with Gasteiger partial charge in [0.05, 0.1) is 16.5 Å². The molecule has 1 aliphatic carbocycles. The lowest BCUT2D eigenvalue weighted by Crippen LogP contribution is -2.38. The zero-order valence-corrected chi connectivity index (χ0v) is 13.7. The molecule has 0 bridgehead atoms. The molecule has 2 aromatic carbocycles. The van der Waals surface area contributed by atoms with Crippen molar-refractivity contribution in [1.82, 2.24) is 9.66 Å². The smallest absolute Gasteiger partial charge is 0.267 e. The van der Waals surface area contributed by atoms with Crippen molar-refractivity contribution in [3.8, 4) is 0 Å². The normalized spacial score (nSPS) is 14.2. The monoisotopic (exact) mass is 355 g/mol. The van der Waals surface area contributed by atoms with Gasteiger partial charge in [-0.1, -0.05) is 18.6 Å². The predicted molar refractivity (Wildman–Crippen MR) is 92.6 cm³/mol. The summed E-state index contributed by atoms with van der Waals surface area (Å²) in [6.45, 7) is 0. The highest BCUT2D eigenvalue weighted by Crippen LogP contribution is 2.35. The summed E-state index contributed by atoms with van der Waals surface area (Å²) in [6, 6.07) is 9.52. The Kier molecular flexibility index (Phi) is 3.99. The van der Waals surface area contributed by atoms with Crippen molar-refractivity contribution in [2.45, 2.75) is 25.2 Å². The van der Waals surface area contributed by atoms with Gasteiger partial charge in [-0.05, 0) is 37.1 Å². The summed E-state index contributed by atoms with van der Waals surface area (Å²) in [5.41, 5.74) is 2.23. The average Bonchev–Trinajstić information content (AvgIpc) is 2.56. The van der Waals surface area contributed by atoms with Crippen LogP contribution in [-0.2, 0) is 0 Å². The van der Waals surface area contributed by atoms with Crippen LogP contribution in [0, 0.1) is 11.6 Å². The van der Waals surface area contributed by atoms with Gasteiger partial charge in [-0.3, -0.25) is 15.0 Å². The molecule has 0 radical (unpaired) electrons. The number of fused-ring (bicyclic) bond motifs is 1. The molecule has 5 nitrogen and oxygen atoms in total. The summed E-state index contributed by atoms with van der Waals surface area (Å²) in [6.07, 6.45) is 2.75.